The molecule has 2 fully saturated rings. The second kappa shape index (κ2) is 8.73. The van der Waals surface area contributed by atoms with Crippen LogP contribution in [0.2, 0.25) is 0 Å². The van der Waals surface area contributed by atoms with Crippen molar-refractivity contribution in [1.82, 2.24) is 19.9 Å². The number of nitrogens with zero attached hydrogens (tertiary/aromatic N) is 4. The van der Waals surface area contributed by atoms with Crippen LogP contribution < -0.4 is 0 Å². The third-order valence-electron chi connectivity index (χ3n) is 5.57. The van der Waals surface area contributed by atoms with Gasteiger partial charge in [-0.2, -0.15) is 4.98 Å². The van der Waals surface area contributed by atoms with Crippen LogP contribution in [0.5, 0.6) is 0 Å². The smallest absolute Gasteiger partial charge is 0.228 e. The van der Waals surface area contributed by atoms with Gasteiger partial charge in [-0.1, -0.05) is 35.5 Å². The van der Waals surface area contributed by atoms with E-state index in [1.807, 2.05) is 35.2 Å². The van der Waals surface area contributed by atoms with Gasteiger partial charge in [0.05, 0.1) is 25.6 Å². The first-order valence-corrected chi connectivity index (χ1v) is 10.1. The first-order chi connectivity index (χ1) is 14.1. The molecule has 2 atom stereocenters. The number of carbonyl (C=O) groups excluding carboxylic acids is 2. The molecule has 0 aliphatic carbocycles. The lowest BCUT2D eigenvalue weighted by atomic mass is 9.95. The standard InChI is InChI=1S/C21H26N4O4/c1-15-22-20(23-29-15)18-14-28-11-10-25(18)21(27)17-8-5-9-24(13-17)19(26)12-16-6-3-2-4-7-16/h2-4,6-7,17-18H,5,8-14H2,1H3. The van der Waals surface area contributed by atoms with E-state index in [0.717, 1.165) is 18.4 Å². The van der Waals surface area contributed by atoms with Crippen LogP contribution >= 0.6 is 0 Å². The van der Waals surface area contributed by atoms with Gasteiger partial charge >= 0.3 is 0 Å². The number of hydrogen-bond donors (Lipinski definition) is 0. The quantitative estimate of drug-likeness (QED) is 0.780. The van der Waals surface area contributed by atoms with E-state index in [-0.39, 0.29) is 23.8 Å². The molecule has 0 bridgehead atoms. The molecule has 0 N–H and O–H groups in total. The Balaban J connectivity index is 1.42. The number of benzene rings is 1. The number of piperidine rings is 1. The summed E-state index contributed by atoms with van der Waals surface area (Å²) in [4.78, 5) is 34.0. The number of morpholine rings is 1. The van der Waals surface area contributed by atoms with Crippen molar-refractivity contribution in [3.8, 4) is 0 Å². The molecule has 154 valence electrons. The molecule has 2 aliphatic rings. The number of rotatable bonds is 4. The van der Waals surface area contributed by atoms with Gasteiger partial charge in [-0.15, -0.1) is 0 Å². The second-order valence-electron chi connectivity index (χ2n) is 7.64. The molecule has 2 aromatic rings. The number of aryl methyl sites for hydroxylation is 1. The maximum atomic E-state index is 13.3. The number of hydrogen-bond acceptors (Lipinski definition) is 6. The highest BCUT2D eigenvalue weighted by Gasteiger charge is 2.37. The van der Waals surface area contributed by atoms with Gasteiger partial charge in [0, 0.05) is 26.6 Å². The summed E-state index contributed by atoms with van der Waals surface area (Å²) >= 11 is 0. The first kappa shape index (κ1) is 19.6. The van der Waals surface area contributed by atoms with Crippen molar-refractivity contribution in [2.45, 2.75) is 32.2 Å². The Labute approximate surface area is 169 Å². The van der Waals surface area contributed by atoms with E-state index in [2.05, 4.69) is 10.1 Å². The lowest BCUT2D eigenvalue weighted by Crippen LogP contribution is -2.51. The summed E-state index contributed by atoms with van der Waals surface area (Å²) in [6.07, 6.45) is 1.97. The molecule has 0 saturated carbocycles. The minimum Gasteiger partial charge on any atom is -0.377 e. The summed E-state index contributed by atoms with van der Waals surface area (Å²) in [7, 11) is 0. The van der Waals surface area contributed by atoms with Crippen molar-refractivity contribution in [3.05, 3.63) is 47.6 Å². The topological polar surface area (TPSA) is 88.8 Å². The zero-order valence-electron chi connectivity index (χ0n) is 16.6. The number of ether oxygens (including phenoxy) is 1. The summed E-state index contributed by atoms with van der Waals surface area (Å²) in [5.41, 5.74) is 0.992. The van der Waals surface area contributed by atoms with E-state index in [4.69, 9.17) is 9.26 Å². The Morgan fingerprint density at radius 2 is 2.03 bits per heavy atom. The van der Waals surface area contributed by atoms with Crippen LogP contribution in [-0.4, -0.2) is 64.6 Å². The van der Waals surface area contributed by atoms with Gasteiger partial charge in [0.15, 0.2) is 5.82 Å². The van der Waals surface area contributed by atoms with E-state index in [0.29, 0.717) is 51.0 Å². The number of carbonyl (C=O) groups is 2. The van der Waals surface area contributed by atoms with Gasteiger partial charge in [0.2, 0.25) is 17.7 Å². The highest BCUT2D eigenvalue weighted by atomic mass is 16.5. The number of aromatic nitrogens is 2. The SMILES string of the molecule is Cc1nc(C2COCCN2C(=O)C2CCCN(C(=O)Cc3ccccc3)C2)no1. The lowest BCUT2D eigenvalue weighted by Gasteiger charge is -2.39. The molecule has 4 rings (SSSR count). The Morgan fingerprint density at radius 3 is 2.79 bits per heavy atom. The van der Waals surface area contributed by atoms with Crippen LogP contribution in [0.15, 0.2) is 34.9 Å². The fourth-order valence-electron chi connectivity index (χ4n) is 4.05. The Morgan fingerprint density at radius 1 is 1.21 bits per heavy atom. The summed E-state index contributed by atoms with van der Waals surface area (Å²) in [6, 6.07) is 9.37. The summed E-state index contributed by atoms with van der Waals surface area (Å²) in [6.45, 7) is 4.22. The molecule has 2 aliphatic heterocycles. The molecule has 29 heavy (non-hydrogen) atoms. The molecule has 2 amide bonds. The maximum Gasteiger partial charge on any atom is 0.228 e. The average molecular weight is 398 g/mol. The molecule has 0 spiro atoms. The fourth-order valence-corrected chi connectivity index (χ4v) is 4.05. The zero-order chi connectivity index (χ0) is 20.2. The van der Waals surface area contributed by atoms with Crippen molar-refractivity contribution < 1.29 is 18.8 Å². The molecule has 1 aromatic carbocycles. The van der Waals surface area contributed by atoms with Gasteiger partial charge < -0.3 is 19.1 Å². The third-order valence-corrected chi connectivity index (χ3v) is 5.57. The van der Waals surface area contributed by atoms with Crippen molar-refractivity contribution in [1.29, 1.82) is 0 Å². The molecule has 8 heteroatoms. The molecule has 0 radical (unpaired) electrons. The van der Waals surface area contributed by atoms with Crippen LogP contribution in [0.25, 0.3) is 0 Å². The van der Waals surface area contributed by atoms with Crippen molar-refractivity contribution in [2.75, 3.05) is 32.8 Å². The summed E-state index contributed by atoms with van der Waals surface area (Å²) in [5, 5.41) is 3.98. The van der Waals surface area contributed by atoms with Crippen LogP contribution in [0, 0.1) is 12.8 Å². The number of amides is 2. The van der Waals surface area contributed by atoms with Gasteiger partial charge in [0.1, 0.15) is 6.04 Å². The van der Waals surface area contributed by atoms with Gasteiger partial charge in [-0.3, -0.25) is 9.59 Å². The first-order valence-electron chi connectivity index (χ1n) is 10.1. The highest BCUT2D eigenvalue weighted by molar-refractivity contribution is 5.82. The Bertz CT molecular complexity index is 853. The molecule has 2 saturated heterocycles. The monoisotopic (exact) mass is 398 g/mol. The van der Waals surface area contributed by atoms with E-state index in [1.165, 1.54) is 0 Å². The minimum atomic E-state index is -0.343. The average Bonchev–Trinajstić information content (AvgIpc) is 3.20. The van der Waals surface area contributed by atoms with Gasteiger partial charge in [0.25, 0.3) is 0 Å². The van der Waals surface area contributed by atoms with Crippen molar-refractivity contribution >= 4 is 11.8 Å². The molecule has 3 heterocycles. The highest BCUT2D eigenvalue weighted by Crippen LogP contribution is 2.27. The van der Waals surface area contributed by atoms with Crippen LogP contribution in [-0.2, 0) is 20.7 Å². The second-order valence-corrected chi connectivity index (χ2v) is 7.64. The van der Waals surface area contributed by atoms with E-state index in [1.54, 1.807) is 11.8 Å². The van der Waals surface area contributed by atoms with Crippen LogP contribution in [0.1, 0.15) is 36.2 Å². The minimum absolute atomic E-state index is 0.0398. The normalized spacial score (nSPS) is 22.5. The Kier molecular flexibility index (Phi) is 5.89. The zero-order valence-corrected chi connectivity index (χ0v) is 16.6. The van der Waals surface area contributed by atoms with E-state index in [9.17, 15) is 9.59 Å². The molecular formula is C21H26N4O4. The van der Waals surface area contributed by atoms with Crippen molar-refractivity contribution in [2.24, 2.45) is 5.92 Å². The Hall–Kier alpha value is -2.74. The fraction of sp³-hybridized carbons (Fsp3) is 0.524. The van der Waals surface area contributed by atoms with Gasteiger partial charge in [-0.05, 0) is 18.4 Å². The number of likely N-dealkylation sites (tertiary alicyclic amines) is 1. The molecule has 8 nitrogen and oxygen atoms in total. The predicted octanol–water partition coefficient (Wildman–Crippen LogP) is 1.76. The van der Waals surface area contributed by atoms with Gasteiger partial charge in [-0.25, -0.2) is 0 Å². The predicted molar refractivity (Wildman–Crippen MR) is 104 cm³/mol. The van der Waals surface area contributed by atoms with E-state index >= 15 is 0 Å². The lowest BCUT2D eigenvalue weighted by molar-refractivity contribution is -0.148. The van der Waals surface area contributed by atoms with E-state index < -0.39 is 0 Å². The summed E-state index contributed by atoms with van der Waals surface area (Å²) in [5.74, 6) is 0.841. The van der Waals surface area contributed by atoms with Crippen LogP contribution in [0.4, 0.5) is 0 Å². The maximum absolute atomic E-state index is 13.3. The third kappa shape index (κ3) is 4.48. The molecule has 2 unspecified atom stereocenters. The molecule has 1 aromatic heterocycles. The molecular weight excluding hydrogens is 372 g/mol. The van der Waals surface area contributed by atoms with Crippen molar-refractivity contribution in [3.63, 3.8) is 0 Å². The largest absolute Gasteiger partial charge is 0.377 e. The van der Waals surface area contributed by atoms with Crippen LogP contribution in [0.3, 0.4) is 0 Å². The summed E-state index contributed by atoms with van der Waals surface area (Å²) < 4.78 is 10.6.